The minimum atomic E-state index is -1.35. The van der Waals surface area contributed by atoms with E-state index < -0.39 is 12.3 Å². The lowest BCUT2D eigenvalue weighted by atomic mass is 10.0. The zero-order valence-corrected chi connectivity index (χ0v) is 22.2. The van der Waals surface area contributed by atoms with E-state index in [4.69, 9.17) is 30.9 Å². The fourth-order valence-corrected chi connectivity index (χ4v) is 5.12. The van der Waals surface area contributed by atoms with Gasteiger partial charge in [-0.3, -0.25) is 4.79 Å². The maximum absolute atomic E-state index is 12.7. The Morgan fingerprint density at radius 3 is 2.69 bits per heavy atom. The number of carbonyl (C=O) groups is 2. The molecule has 1 unspecified atom stereocenters. The zero-order valence-electron chi connectivity index (χ0n) is 21.4. The van der Waals surface area contributed by atoms with Crippen LogP contribution in [0.25, 0.3) is 0 Å². The van der Waals surface area contributed by atoms with Gasteiger partial charge in [0, 0.05) is 49.4 Å². The molecular weight excluding hydrogens is 522 g/mol. The van der Waals surface area contributed by atoms with Crippen LogP contribution in [0.4, 0.5) is 10.6 Å². The Labute approximate surface area is 231 Å². The van der Waals surface area contributed by atoms with E-state index in [1.807, 2.05) is 12.3 Å². The van der Waals surface area contributed by atoms with Crippen molar-refractivity contribution in [3.8, 4) is 17.2 Å². The van der Waals surface area contributed by atoms with Crippen molar-refractivity contribution in [2.75, 3.05) is 31.1 Å². The molecule has 0 aliphatic carbocycles. The van der Waals surface area contributed by atoms with Crippen LogP contribution in [0.2, 0.25) is 5.02 Å². The topological polar surface area (TPSA) is 110 Å². The number of carboxylic acid groups (broad SMARTS) is 1. The van der Waals surface area contributed by atoms with E-state index in [1.54, 1.807) is 36.4 Å². The molecule has 10 heteroatoms. The van der Waals surface area contributed by atoms with Crippen molar-refractivity contribution >= 4 is 29.5 Å². The van der Waals surface area contributed by atoms with E-state index >= 15 is 0 Å². The number of aromatic nitrogens is 1. The Balaban J connectivity index is 1.18. The van der Waals surface area contributed by atoms with Crippen LogP contribution in [0.3, 0.4) is 0 Å². The van der Waals surface area contributed by atoms with E-state index in [9.17, 15) is 9.59 Å². The summed E-state index contributed by atoms with van der Waals surface area (Å²) in [6.07, 6.45) is 4.55. The van der Waals surface area contributed by atoms with Gasteiger partial charge in [0.2, 0.25) is 0 Å². The second-order valence-corrected chi connectivity index (χ2v) is 9.90. The highest BCUT2D eigenvalue weighted by Crippen LogP contribution is 2.42. The highest BCUT2D eigenvalue weighted by atomic mass is 35.5. The molecule has 2 aliphatic rings. The summed E-state index contributed by atoms with van der Waals surface area (Å²) in [5.41, 5.74) is 2.20. The smallest absolute Gasteiger partial charge is 0.493 e. The molecule has 0 bridgehead atoms. The number of amides is 1. The summed E-state index contributed by atoms with van der Waals surface area (Å²) in [6, 6.07) is 14.0. The molecule has 1 amide bonds. The first-order valence-corrected chi connectivity index (χ1v) is 13.5. The third-order valence-electron chi connectivity index (χ3n) is 6.84. The van der Waals surface area contributed by atoms with E-state index in [-0.39, 0.29) is 5.91 Å². The Bertz CT molecular complexity index is 1330. The van der Waals surface area contributed by atoms with Crippen LogP contribution in [0.5, 0.6) is 17.2 Å². The lowest BCUT2D eigenvalue weighted by molar-refractivity contribution is 0.0326. The highest BCUT2D eigenvalue weighted by molar-refractivity contribution is 6.32. The Kier molecular flexibility index (Phi) is 8.36. The van der Waals surface area contributed by atoms with Crippen molar-refractivity contribution in [2.24, 2.45) is 0 Å². The molecule has 2 aliphatic heterocycles. The van der Waals surface area contributed by atoms with Crippen LogP contribution >= 0.6 is 11.6 Å². The van der Waals surface area contributed by atoms with Gasteiger partial charge in [-0.1, -0.05) is 17.7 Å². The number of carbonyl (C=O) groups excluding carboxylic acids is 1. The number of piperidine rings is 1. The summed E-state index contributed by atoms with van der Waals surface area (Å²) in [5, 5.41) is 12.3. The minimum absolute atomic E-state index is 0.172. The minimum Gasteiger partial charge on any atom is -0.493 e. The van der Waals surface area contributed by atoms with E-state index in [2.05, 4.69) is 21.3 Å². The fraction of sp³-hybridized carbons (Fsp3) is 0.345. The summed E-state index contributed by atoms with van der Waals surface area (Å²) in [6.45, 7) is 2.86. The molecule has 1 atom stereocenters. The van der Waals surface area contributed by atoms with Gasteiger partial charge in [-0.25, -0.2) is 9.78 Å². The number of hydrogen-bond donors (Lipinski definition) is 2. The van der Waals surface area contributed by atoms with Crippen LogP contribution in [-0.4, -0.2) is 48.4 Å². The summed E-state index contributed by atoms with van der Waals surface area (Å²) in [5.74, 6) is 2.15. The molecule has 0 spiro atoms. The van der Waals surface area contributed by atoms with Crippen LogP contribution in [0.15, 0.2) is 54.7 Å². The predicted octanol–water partition coefficient (Wildman–Crippen LogP) is 6.01. The van der Waals surface area contributed by atoms with Gasteiger partial charge in [0.15, 0.2) is 0 Å². The summed E-state index contributed by atoms with van der Waals surface area (Å²) in [7, 11) is 0. The molecule has 5 rings (SSSR count). The summed E-state index contributed by atoms with van der Waals surface area (Å²) < 4.78 is 16.5. The Morgan fingerprint density at radius 2 is 1.92 bits per heavy atom. The molecular formula is C29H30ClN3O6. The molecule has 0 radical (unpaired) electrons. The monoisotopic (exact) mass is 551 g/mol. The average Bonchev–Trinajstić information content (AvgIpc) is 2.95. The normalized spacial score (nSPS) is 16.5. The number of fused-ring (bicyclic) bond motifs is 1. The third kappa shape index (κ3) is 6.54. The average molecular weight is 552 g/mol. The standard InChI is InChI=1S/C29H30ClN3O6/c30-23-17-22-24(39-29(35)36)11-16-37-25(22)18-26(23)38-21-8-6-20(7-9-21)28(34)32-13-10-19-5-4-12-31-27(19)33-14-2-1-3-15-33/h4-9,12,17-18,24H,1-3,10-11,13-16H2,(H,32,34)(H,35,36). The number of halogens is 1. The first-order valence-electron chi connectivity index (χ1n) is 13.1. The van der Waals surface area contributed by atoms with Crippen molar-refractivity contribution < 1.29 is 28.9 Å². The fourth-order valence-electron chi connectivity index (χ4n) is 4.91. The molecule has 3 aromatic rings. The van der Waals surface area contributed by atoms with Gasteiger partial charge >= 0.3 is 6.16 Å². The molecule has 204 valence electrons. The van der Waals surface area contributed by atoms with Gasteiger partial charge in [0.05, 0.1) is 11.6 Å². The summed E-state index contributed by atoms with van der Waals surface area (Å²) >= 11 is 6.41. The van der Waals surface area contributed by atoms with Crippen molar-refractivity contribution in [1.29, 1.82) is 0 Å². The first kappa shape index (κ1) is 26.6. The van der Waals surface area contributed by atoms with Crippen LogP contribution in [-0.2, 0) is 11.2 Å². The number of nitrogens with one attached hydrogen (secondary N) is 1. The number of hydrogen-bond acceptors (Lipinski definition) is 7. The molecule has 3 heterocycles. The van der Waals surface area contributed by atoms with Gasteiger partial charge in [-0.2, -0.15) is 0 Å². The molecule has 1 fully saturated rings. The van der Waals surface area contributed by atoms with E-state index in [0.717, 1.165) is 24.5 Å². The maximum atomic E-state index is 12.7. The van der Waals surface area contributed by atoms with Crippen molar-refractivity contribution in [2.45, 2.75) is 38.2 Å². The third-order valence-corrected chi connectivity index (χ3v) is 7.13. The highest BCUT2D eigenvalue weighted by Gasteiger charge is 2.27. The molecule has 1 saturated heterocycles. The number of pyridine rings is 1. The van der Waals surface area contributed by atoms with Gasteiger partial charge in [0.1, 0.15) is 29.2 Å². The molecule has 1 aromatic heterocycles. The lowest BCUT2D eigenvalue weighted by Gasteiger charge is -2.29. The maximum Gasteiger partial charge on any atom is 0.506 e. The molecule has 2 aromatic carbocycles. The van der Waals surface area contributed by atoms with E-state index in [0.29, 0.717) is 59.4 Å². The molecule has 9 nitrogen and oxygen atoms in total. The number of benzene rings is 2. The number of anilines is 1. The number of nitrogens with zero attached hydrogens (tertiary/aromatic N) is 2. The number of ether oxygens (including phenoxy) is 3. The van der Waals surface area contributed by atoms with Crippen LogP contribution in [0, 0.1) is 0 Å². The Hall–Kier alpha value is -3.98. The molecule has 0 saturated carbocycles. The van der Waals surface area contributed by atoms with Crippen LogP contribution < -0.4 is 19.7 Å². The van der Waals surface area contributed by atoms with Gasteiger partial charge < -0.3 is 29.5 Å². The quantitative estimate of drug-likeness (QED) is 0.328. The van der Waals surface area contributed by atoms with Crippen molar-refractivity contribution in [3.05, 3.63) is 76.4 Å². The van der Waals surface area contributed by atoms with E-state index in [1.165, 1.54) is 19.3 Å². The first-order chi connectivity index (χ1) is 19.0. The van der Waals surface area contributed by atoms with Crippen LogP contribution in [0.1, 0.15) is 53.3 Å². The van der Waals surface area contributed by atoms with Gasteiger partial charge in [0.25, 0.3) is 5.91 Å². The van der Waals surface area contributed by atoms with Crippen molar-refractivity contribution in [3.63, 3.8) is 0 Å². The summed E-state index contributed by atoms with van der Waals surface area (Å²) in [4.78, 5) is 30.7. The molecule has 2 N–H and O–H groups in total. The lowest BCUT2D eigenvalue weighted by Crippen LogP contribution is -2.32. The molecule has 39 heavy (non-hydrogen) atoms. The zero-order chi connectivity index (χ0) is 27.2. The number of rotatable bonds is 8. The van der Waals surface area contributed by atoms with Gasteiger partial charge in [-0.15, -0.1) is 0 Å². The second kappa shape index (κ2) is 12.3. The van der Waals surface area contributed by atoms with Crippen molar-refractivity contribution in [1.82, 2.24) is 10.3 Å². The Morgan fingerprint density at radius 1 is 1.13 bits per heavy atom. The largest absolute Gasteiger partial charge is 0.506 e. The van der Waals surface area contributed by atoms with Gasteiger partial charge in [-0.05, 0) is 67.6 Å². The second-order valence-electron chi connectivity index (χ2n) is 9.50. The SMILES string of the molecule is O=C(O)OC1CCOc2cc(Oc3ccc(C(=O)NCCc4cccnc4N4CCCCC4)cc3)c(Cl)cc21. The predicted molar refractivity (Wildman–Crippen MR) is 146 cm³/mol.